The van der Waals surface area contributed by atoms with Crippen LogP contribution in [0, 0.1) is 5.41 Å². The van der Waals surface area contributed by atoms with Gasteiger partial charge in [-0.3, -0.25) is 9.59 Å². The van der Waals surface area contributed by atoms with Gasteiger partial charge in [0.15, 0.2) is 0 Å². The molecule has 0 aromatic heterocycles. The molecule has 1 fully saturated rings. The molecule has 0 amide bonds. The van der Waals surface area contributed by atoms with E-state index >= 15 is 0 Å². The summed E-state index contributed by atoms with van der Waals surface area (Å²) in [5.41, 5.74) is 0.656. The van der Waals surface area contributed by atoms with Crippen molar-refractivity contribution >= 4 is 11.6 Å². The van der Waals surface area contributed by atoms with Crippen LogP contribution in [0.4, 0.5) is 0 Å². The molecule has 2 atom stereocenters. The number of carbonyl (C=O) groups is 2. The summed E-state index contributed by atoms with van der Waals surface area (Å²) < 4.78 is 6.09. The van der Waals surface area contributed by atoms with Crippen LogP contribution < -0.4 is 0 Å². The Bertz CT molecular complexity index is 499. The molecule has 1 aromatic carbocycles. The molecule has 0 spiro atoms. The minimum Gasteiger partial charge on any atom is -0.369 e. The van der Waals surface area contributed by atoms with E-state index in [0.717, 1.165) is 5.56 Å². The van der Waals surface area contributed by atoms with Gasteiger partial charge in [0.25, 0.3) is 0 Å². The van der Waals surface area contributed by atoms with Crippen LogP contribution in [0.3, 0.4) is 0 Å². The van der Waals surface area contributed by atoms with E-state index in [1.165, 1.54) is 0 Å². The zero-order valence-corrected chi connectivity index (χ0v) is 13.1. The highest BCUT2D eigenvalue weighted by atomic mass is 16.5. The summed E-state index contributed by atoms with van der Waals surface area (Å²) in [6.45, 7) is 5.77. The number of benzene rings is 1. The normalized spacial score (nSPS) is 23.7. The molecule has 0 bridgehead atoms. The van der Waals surface area contributed by atoms with Gasteiger partial charge in [0.2, 0.25) is 0 Å². The lowest BCUT2D eigenvalue weighted by Crippen LogP contribution is -2.27. The summed E-state index contributed by atoms with van der Waals surface area (Å²) in [5, 5.41) is 0. The Balaban J connectivity index is 2.10. The fourth-order valence-electron chi connectivity index (χ4n) is 2.51. The van der Waals surface area contributed by atoms with Gasteiger partial charge in [-0.2, -0.15) is 0 Å². The molecule has 1 heterocycles. The predicted octanol–water partition coefficient (Wildman–Crippen LogP) is 3.87. The van der Waals surface area contributed by atoms with Crippen LogP contribution >= 0.6 is 0 Å². The van der Waals surface area contributed by atoms with E-state index in [0.29, 0.717) is 25.7 Å². The molecule has 1 aromatic rings. The minimum atomic E-state index is -0.359. The van der Waals surface area contributed by atoms with Crippen molar-refractivity contribution < 1.29 is 14.3 Å². The highest BCUT2D eigenvalue weighted by Crippen LogP contribution is 2.31. The van der Waals surface area contributed by atoms with E-state index in [4.69, 9.17) is 4.74 Å². The van der Waals surface area contributed by atoms with Crippen LogP contribution in [-0.4, -0.2) is 17.7 Å². The van der Waals surface area contributed by atoms with E-state index in [-0.39, 0.29) is 29.2 Å². The first-order valence-corrected chi connectivity index (χ1v) is 7.61. The van der Waals surface area contributed by atoms with Crippen molar-refractivity contribution in [1.82, 2.24) is 0 Å². The third-order valence-electron chi connectivity index (χ3n) is 3.94. The second kappa shape index (κ2) is 6.52. The van der Waals surface area contributed by atoms with Gasteiger partial charge in [0.05, 0.1) is 12.2 Å². The van der Waals surface area contributed by atoms with E-state index in [1.807, 2.05) is 51.1 Å². The SMILES string of the molecule is CC(C)(C)C(=O)C[C@@H]1CCC(=O)C[C@@H](c2ccccc2)O1. The molecule has 0 N–H and O–H groups in total. The number of hydrogen-bond donors (Lipinski definition) is 0. The van der Waals surface area contributed by atoms with Crippen LogP contribution in [0.15, 0.2) is 30.3 Å². The lowest BCUT2D eigenvalue weighted by Gasteiger charge is -2.24. The fourth-order valence-corrected chi connectivity index (χ4v) is 2.51. The van der Waals surface area contributed by atoms with Gasteiger partial charge in [-0.1, -0.05) is 51.1 Å². The summed E-state index contributed by atoms with van der Waals surface area (Å²) in [7, 11) is 0. The molecule has 3 nitrogen and oxygen atoms in total. The van der Waals surface area contributed by atoms with Gasteiger partial charge in [0, 0.05) is 24.7 Å². The summed E-state index contributed by atoms with van der Waals surface area (Å²) >= 11 is 0. The van der Waals surface area contributed by atoms with E-state index < -0.39 is 0 Å². The Morgan fingerprint density at radius 1 is 1.24 bits per heavy atom. The third-order valence-corrected chi connectivity index (χ3v) is 3.94. The van der Waals surface area contributed by atoms with Gasteiger partial charge in [-0.15, -0.1) is 0 Å². The highest BCUT2D eigenvalue weighted by Gasteiger charge is 2.30. The largest absolute Gasteiger partial charge is 0.369 e. The Kier molecular flexibility index (Phi) is 4.94. The topological polar surface area (TPSA) is 43.4 Å². The maximum atomic E-state index is 12.2. The Morgan fingerprint density at radius 2 is 1.90 bits per heavy atom. The summed E-state index contributed by atoms with van der Waals surface area (Å²) in [5.74, 6) is 0.406. The third kappa shape index (κ3) is 4.50. The maximum Gasteiger partial charge on any atom is 0.140 e. The molecule has 1 aliphatic heterocycles. The molecule has 2 rings (SSSR count). The molecule has 0 aliphatic carbocycles. The lowest BCUT2D eigenvalue weighted by molar-refractivity contribution is -0.130. The summed E-state index contributed by atoms with van der Waals surface area (Å²) in [4.78, 5) is 24.1. The van der Waals surface area contributed by atoms with Crippen molar-refractivity contribution in [2.24, 2.45) is 5.41 Å². The van der Waals surface area contributed by atoms with Crippen LogP contribution in [0.2, 0.25) is 0 Å². The zero-order valence-electron chi connectivity index (χ0n) is 13.1. The Labute approximate surface area is 126 Å². The molecule has 0 radical (unpaired) electrons. The van der Waals surface area contributed by atoms with Gasteiger partial charge in [-0.25, -0.2) is 0 Å². The predicted molar refractivity (Wildman–Crippen MR) is 82.0 cm³/mol. The standard InChI is InChI=1S/C18H24O3/c1-18(2,3)17(20)12-15-10-9-14(19)11-16(21-15)13-7-5-4-6-8-13/h4-8,15-16H,9-12H2,1-3H3/t15-,16-/m0/s1. The number of rotatable bonds is 3. The zero-order chi connectivity index (χ0) is 15.5. The summed E-state index contributed by atoms with van der Waals surface area (Å²) in [6, 6.07) is 9.80. The molecule has 114 valence electrons. The fraction of sp³-hybridized carbons (Fsp3) is 0.556. The van der Waals surface area contributed by atoms with E-state index in [2.05, 4.69) is 0 Å². The molecule has 0 saturated carbocycles. The average molecular weight is 288 g/mol. The monoisotopic (exact) mass is 288 g/mol. The van der Waals surface area contributed by atoms with Gasteiger partial charge < -0.3 is 4.74 Å². The molecular formula is C18H24O3. The second-order valence-corrected chi connectivity index (χ2v) is 6.82. The van der Waals surface area contributed by atoms with Crippen molar-refractivity contribution in [3.8, 4) is 0 Å². The van der Waals surface area contributed by atoms with Crippen molar-refractivity contribution in [3.63, 3.8) is 0 Å². The number of Topliss-reactive ketones (excluding diaryl/α,β-unsaturated/α-hetero) is 2. The smallest absolute Gasteiger partial charge is 0.140 e. The Hall–Kier alpha value is -1.48. The molecule has 1 saturated heterocycles. The first-order chi connectivity index (χ1) is 9.86. The minimum absolute atomic E-state index is 0.159. The molecule has 3 heteroatoms. The highest BCUT2D eigenvalue weighted by molar-refractivity contribution is 5.84. The quantitative estimate of drug-likeness (QED) is 0.848. The summed E-state index contributed by atoms with van der Waals surface area (Å²) in [6.07, 6.45) is 1.56. The lowest BCUT2D eigenvalue weighted by atomic mass is 9.87. The number of carbonyl (C=O) groups excluding carboxylic acids is 2. The van der Waals surface area contributed by atoms with E-state index in [1.54, 1.807) is 0 Å². The van der Waals surface area contributed by atoms with Gasteiger partial charge in [-0.05, 0) is 12.0 Å². The molecular weight excluding hydrogens is 264 g/mol. The molecule has 21 heavy (non-hydrogen) atoms. The first kappa shape index (κ1) is 15.9. The Morgan fingerprint density at radius 3 is 2.52 bits per heavy atom. The van der Waals surface area contributed by atoms with Crippen molar-refractivity contribution in [1.29, 1.82) is 0 Å². The van der Waals surface area contributed by atoms with Crippen molar-refractivity contribution in [3.05, 3.63) is 35.9 Å². The number of hydrogen-bond acceptors (Lipinski definition) is 3. The average Bonchev–Trinajstić information content (AvgIpc) is 2.61. The van der Waals surface area contributed by atoms with Crippen LogP contribution in [0.5, 0.6) is 0 Å². The number of ether oxygens (including phenoxy) is 1. The van der Waals surface area contributed by atoms with Crippen molar-refractivity contribution in [2.75, 3.05) is 0 Å². The number of ketones is 2. The van der Waals surface area contributed by atoms with Crippen LogP contribution in [-0.2, 0) is 14.3 Å². The molecule has 1 aliphatic rings. The first-order valence-electron chi connectivity index (χ1n) is 7.61. The maximum absolute atomic E-state index is 12.2. The van der Waals surface area contributed by atoms with Crippen molar-refractivity contribution in [2.45, 2.75) is 58.7 Å². The van der Waals surface area contributed by atoms with Crippen LogP contribution in [0.1, 0.15) is 58.1 Å². The van der Waals surface area contributed by atoms with Gasteiger partial charge >= 0.3 is 0 Å². The van der Waals surface area contributed by atoms with Crippen LogP contribution in [0.25, 0.3) is 0 Å². The van der Waals surface area contributed by atoms with E-state index in [9.17, 15) is 9.59 Å². The second-order valence-electron chi connectivity index (χ2n) is 6.82. The van der Waals surface area contributed by atoms with Gasteiger partial charge in [0.1, 0.15) is 11.6 Å². The molecule has 0 unspecified atom stereocenters.